The van der Waals surface area contributed by atoms with Crippen molar-refractivity contribution in [1.82, 2.24) is 4.98 Å². The molecule has 20 heavy (non-hydrogen) atoms. The Bertz CT molecular complexity index is 686. The fourth-order valence-corrected chi connectivity index (χ4v) is 2.02. The summed E-state index contributed by atoms with van der Waals surface area (Å²) in [7, 11) is 0. The van der Waals surface area contributed by atoms with Crippen LogP contribution in [0.4, 0.5) is 0 Å². The largest absolute Gasteiger partial charge is 0.437 e. The highest BCUT2D eigenvalue weighted by atomic mass is 32.1. The third-order valence-corrected chi connectivity index (χ3v) is 2.93. The minimum absolute atomic E-state index is 0.183. The number of carbonyl (C=O) groups excluding carboxylic acids is 1. The minimum atomic E-state index is -0.579. The highest BCUT2D eigenvalue weighted by Gasteiger charge is 2.15. The standard InChI is InChI=1S/C14H13N3O2S/c1-8-6-7-17-14(11(8)13(16)20)19-10-5-3-2-4-9(10)12(15)18/h2-7H,1H3,(H2,15,18)(H2,16,20). The van der Waals surface area contributed by atoms with Crippen LogP contribution in [0.2, 0.25) is 0 Å². The summed E-state index contributed by atoms with van der Waals surface area (Å²) < 4.78 is 5.66. The molecule has 0 aliphatic heterocycles. The zero-order chi connectivity index (χ0) is 14.7. The van der Waals surface area contributed by atoms with Gasteiger partial charge in [-0.3, -0.25) is 4.79 Å². The normalized spacial score (nSPS) is 10.1. The van der Waals surface area contributed by atoms with Gasteiger partial charge in [0.15, 0.2) is 0 Å². The maximum absolute atomic E-state index is 11.4. The molecule has 1 amide bonds. The first-order valence-corrected chi connectivity index (χ1v) is 6.23. The van der Waals surface area contributed by atoms with Crippen LogP contribution in [-0.2, 0) is 0 Å². The van der Waals surface area contributed by atoms with E-state index in [0.717, 1.165) is 5.56 Å². The van der Waals surface area contributed by atoms with Gasteiger partial charge in [-0.25, -0.2) is 4.98 Å². The van der Waals surface area contributed by atoms with Crippen LogP contribution in [0.25, 0.3) is 0 Å². The molecular formula is C14H13N3O2S. The lowest BCUT2D eigenvalue weighted by atomic mass is 10.1. The summed E-state index contributed by atoms with van der Waals surface area (Å²) in [5.74, 6) is -0.00747. The molecule has 4 N–H and O–H groups in total. The Kier molecular flexibility index (Phi) is 3.95. The summed E-state index contributed by atoms with van der Waals surface area (Å²) in [6.45, 7) is 1.85. The lowest BCUT2D eigenvalue weighted by molar-refractivity contribution is 0.0998. The summed E-state index contributed by atoms with van der Waals surface area (Å²) in [6.07, 6.45) is 1.58. The molecule has 2 aromatic rings. The fourth-order valence-electron chi connectivity index (χ4n) is 1.77. The molecule has 0 radical (unpaired) electrons. The molecule has 6 heteroatoms. The van der Waals surface area contributed by atoms with E-state index in [0.29, 0.717) is 11.3 Å². The molecule has 0 aliphatic rings. The topological polar surface area (TPSA) is 91.2 Å². The van der Waals surface area contributed by atoms with Crippen LogP contribution in [0.1, 0.15) is 21.5 Å². The molecular weight excluding hydrogens is 274 g/mol. The predicted octanol–water partition coefficient (Wildman–Crippen LogP) is 1.92. The first-order chi connectivity index (χ1) is 9.50. The minimum Gasteiger partial charge on any atom is -0.437 e. The third-order valence-electron chi connectivity index (χ3n) is 2.73. The van der Waals surface area contributed by atoms with E-state index in [9.17, 15) is 4.79 Å². The fraction of sp³-hybridized carbons (Fsp3) is 0.0714. The van der Waals surface area contributed by atoms with E-state index in [1.165, 1.54) is 0 Å². The van der Waals surface area contributed by atoms with Gasteiger partial charge >= 0.3 is 0 Å². The van der Waals surface area contributed by atoms with Crippen molar-refractivity contribution in [3.05, 3.63) is 53.2 Å². The molecule has 0 aliphatic carbocycles. The van der Waals surface area contributed by atoms with E-state index in [1.807, 2.05) is 6.92 Å². The summed E-state index contributed by atoms with van der Waals surface area (Å²) in [5.41, 5.74) is 12.7. The number of aromatic nitrogens is 1. The second-order valence-electron chi connectivity index (χ2n) is 4.13. The second-order valence-corrected chi connectivity index (χ2v) is 4.57. The number of para-hydroxylation sites is 1. The Hall–Kier alpha value is -2.47. The Morgan fingerprint density at radius 2 is 1.95 bits per heavy atom. The first-order valence-electron chi connectivity index (χ1n) is 5.83. The van der Waals surface area contributed by atoms with Crippen molar-refractivity contribution < 1.29 is 9.53 Å². The lowest BCUT2D eigenvalue weighted by Gasteiger charge is -2.12. The predicted molar refractivity (Wildman–Crippen MR) is 79.9 cm³/mol. The number of carbonyl (C=O) groups is 1. The van der Waals surface area contributed by atoms with Crippen LogP contribution >= 0.6 is 12.2 Å². The van der Waals surface area contributed by atoms with Crippen molar-refractivity contribution in [2.45, 2.75) is 6.92 Å². The van der Waals surface area contributed by atoms with Gasteiger partial charge in [0.2, 0.25) is 5.88 Å². The van der Waals surface area contributed by atoms with Crippen LogP contribution in [0.5, 0.6) is 11.6 Å². The monoisotopic (exact) mass is 287 g/mol. The summed E-state index contributed by atoms with van der Waals surface area (Å²) in [6, 6.07) is 8.42. The highest BCUT2D eigenvalue weighted by Crippen LogP contribution is 2.27. The average molecular weight is 287 g/mol. The van der Waals surface area contributed by atoms with Gasteiger partial charge in [0, 0.05) is 6.20 Å². The Morgan fingerprint density at radius 3 is 2.60 bits per heavy atom. The number of ether oxygens (including phenoxy) is 1. The quantitative estimate of drug-likeness (QED) is 0.838. The van der Waals surface area contributed by atoms with Gasteiger partial charge in [0.05, 0.1) is 11.1 Å². The van der Waals surface area contributed by atoms with Crippen molar-refractivity contribution in [2.24, 2.45) is 11.5 Å². The maximum atomic E-state index is 11.4. The SMILES string of the molecule is Cc1ccnc(Oc2ccccc2C(N)=O)c1C(N)=S. The van der Waals surface area contributed by atoms with Crippen LogP contribution in [0.3, 0.4) is 0 Å². The molecule has 2 rings (SSSR count). The molecule has 102 valence electrons. The first kappa shape index (κ1) is 14.0. The molecule has 0 saturated carbocycles. The molecule has 1 aromatic heterocycles. The number of thiocarbonyl (C=S) groups is 1. The van der Waals surface area contributed by atoms with Gasteiger partial charge in [-0.05, 0) is 30.7 Å². The Morgan fingerprint density at radius 1 is 1.25 bits per heavy atom. The van der Waals surface area contributed by atoms with Crippen LogP contribution in [-0.4, -0.2) is 15.9 Å². The number of aryl methyl sites for hydroxylation is 1. The van der Waals surface area contributed by atoms with E-state index in [1.54, 1.807) is 36.5 Å². The third kappa shape index (κ3) is 2.75. The smallest absolute Gasteiger partial charge is 0.252 e. The molecule has 1 heterocycles. The van der Waals surface area contributed by atoms with Crippen LogP contribution < -0.4 is 16.2 Å². The van der Waals surface area contributed by atoms with Gasteiger partial charge in [-0.2, -0.15) is 0 Å². The Labute approximate surface area is 121 Å². The maximum Gasteiger partial charge on any atom is 0.252 e. The average Bonchev–Trinajstić information content (AvgIpc) is 2.38. The molecule has 1 aromatic carbocycles. The van der Waals surface area contributed by atoms with E-state index in [2.05, 4.69) is 4.98 Å². The number of hydrogen-bond acceptors (Lipinski definition) is 4. The van der Waals surface area contributed by atoms with Gasteiger partial charge in [0.1, 0.15) is 10.7 Å². The number of hydrogen-bond donors (Lipinski definition) is 2. The highest BCUT2D eigenvalue weighted by molar-refractivity contribution is 7.80. The zero-order valence-corrected chi connectivity index (χ0v) is 11.6. The molecule has 0 unspecified atom stereocenters. The van der Waals surface area contributed by atoms with E-state index < -0.39 is 5.91 Å². The van der Waals surface area contributed by atoms with E-state index >= 15 is 0 Å². The lowest BCUT2D eigenvalue weighted by Crippen LogP contribution is -2.15. The number of primary amides is 1. The number of amides is 1. The molecule has 0 saturated heterocycles. The second kappa shape index (κ2) is 5.66. The zero-order valence-electron chi connectivity index (χ0n) is 10.8. The van der Waals surface area contributed by atoms with E-state index in [4.69, 9.17) is 28.4 Å². The Balaban J connectivity index is 2.49. The van der Waals surface area contributed by atoms with Gasteiger partial charge in [0.25, 0.3) is 5.91 Å². The van der Waals surface area contributed by atoms with Crippen molar-refractivity contribution in [2.75, 3.05) is 0 Å². The van der Waals surface area contributed by atoms with Crippen molar-refractivity contribution >= 4 is 23.1 Å². The van der Waals surface area contributed by atoms with E-state index in [-0.39, 0.29) is 16.4 Å². The number of nitrogens with two attached hydrogens (primary N) is 2. The van der Waals surface area contributed by atoms with Crippen molar-refractivity contribution in [1.29, 1.82) is 0 Å². The summed E-state index contributed by atoms with van der Waals surface area (Å²) >= 11 is 5.00. The molecule has 5 nitrogen and oxygen atoms in total. The summed E-state index contributed by atoms with van der Waals surface area (Å²) in [4.78, 5) is 15.7. The number of nitrogens with zero attached hydrogens (tertiary/aromatic N) is 1. The summed E-state index contributed by atoms with van der Waals surface area (Å²) in [5, 5.41) is 0. The molecule has 0 atom stereocenters. The van der Waals surface area contributed by atoms with Crippen molar-refractivity contribution in [3.8, 4) is 11.6 Å². The molecule has 0 spiro atoms. The van der Waals surface area contributed by atoms with Gasteiger partial charge in [-0.1, -0.05) is 24.4 Å². The number of pyridine rings is 1. The van der Waals surface area contributed by atoms with Crippen LogP contribution in [0, 0.1) is 6.92 Å². The number of benzene rings is 1. The van der Waals surface area contributed by atoms with Crippen molar-refractivity contribution in [3.63, 3.8) is 0 Å². The van der Waals surface area contributed by atoms with Gasteiger partial charge in [-0.15, -0.1) is 0 Å². The van der Waals surface area contributed by atoms with Gasteiger partial charge < -0.3 is 16.2 Å². The number of rotatable bonds is 4. The molecule has 0 fully saturated rings. The van der Waals surface area contributed by atoms with Crippen LogP contribution in [0.15, 0.2) is 36.5 Å². The molecule has 0 bridgehead atoms.